The SMILES string of the molecule is CCC[CH2][Sn]([CH2]CCC)([CH2]CCC)[c]1cnc(NC(C)=O)s1. The van der Waals surface area contributed by atoms with Crippen molar-refractivity contribution in [2.75, 3.05) is 5.32 Å². The first-order valence-corrected chi connectivity index (χ1v) is 17.1. The van der Waals surface area contributed by atoms with Gasteiger partial charge in [-0.3, -0.25) is 0 Å². The van der Waals surface area contributed by atoms with Crippen molar-refractivity contribution in [2.45, 2.75) is 79.5 Å². The van der Waals surface area contributed by atoms with Crippen LogP contribution in [0.5, 0.6) is 0 Å². The molecule has 0 bridgehead atoms. The van der Waals surface area contributed by atoms with E-state index in [9.17, 15) is 4.79 Å². The number of aromatic nitrogens is 1. The Kier molecular flexibility index (Phi) is 9.64. The van der Waals surface area contributed by atoms with Gasteiger partial charge in [0.05, 0.1) is 0 Å². The molecule has 0 saturated carbocycles. The van der Waals surface area contributed by atoms with Gasteiger partial charge in [-0.25, -0.2) is 0 Å². The van der Waals surface area contributed by atoms with Crippen molar-refractivity contribution in [3.05, 3.63) is 6.20 Å². The van der Waals surface area contributed by atoms with Crippen molar-refractivity contribution in [3.8, 4) is 0 Å². The molecular formula is C17H32N2OSSn. The van der Waals surface area contributed by atoms with E-state index in [1.807, 2.05) is 0 Å². The number of anilines is 1. The van der Waals surface area contributed by atoms with Gasteiger partial charge in [0.1, 0.15) is 0 Å². The molecule has 126 valence electrons. The van der Waals surface area contributed by atoms with Crippen LogP contribution < -0.4 is 8.21 Å². The average molecular weight is 431 g/mol. The number of hydrogen-bond donors (Lipinski definition) is 1. The van der Waals surface area contributed by atoms with E-state index in [1.165, 1.54) is 51.8 Å². The van der Waals surface area contributed by atoms with Gasteiger partial charge in [0, 0.05) is 0 Å². The molecule has 0 fully saturated rings. The van der Waals surface area contributed by atoms with Crippen molar-refractivity contribution >= 4 is 43.6 Å². The number of hydrogen-bond acceptors (Lipinski definition) is 3. The van der Waals surface area contributed by atoms with E-state index >= 15 is 0 Å². The van der Waals surface area contributed by atoms with Gasteiger partial charge in [0.2, 0.25) is 0 Å². The molecule has 0 radical (unpaired) electrons. The fourth-order valence-electron chi connectivity index (χ4n) is 3.02. The second-order valence-corrected chi connectivity index (χ2v) is 21.5. The Morgan fingerprint density at radius 2 is 1.59 bits per heavy atom. The summed E-state index contributed by atoms with van der Waals surface area (Å²) in [6.07, 6.45) is 10.0. The molecular weight excluding hydrogens is 399 g/mol. The van der Waals surface area contributed by atoms with E-state index in [1.54, 1.807) is 21.2 Å². The first-order valence-electron chi connectivity index (χ1n) is 8.81. The van der Waals surface area contributed by atoms with Crippen LogP contribution in [-0.2, 0) is 4.79 Å². The molecule has 0 aliphatic heterocycles. The van der Waals surface area contributed by atoms with E-state index in [0.29, 0.717) is 0 Å². The van der Waals surface area contributed by atoms with Crippen molar-refractivity contribution < 1.29 is 4.79 Å². The molecule has 1 aromatic heterocycles. The quantitative estimate of drug-likeness (QED) is 0.492. The normalized spacial score (nSPS) is 11.6. The van der Waals surface area contributed by atoms with Crippen molar-refractivity contribution in [3.63, 3.8) is 0 Å². The van der Waals surface area contributed by atoms with Crippen LogP contribution in [0.3, 0.4) is 0 Å². The van der Waals surface area contributed by atoms with Crippen molar-refractivity contribution in [2.24, 2.45) is 0 Å². The third kappa shape index (κ3) is 6.18. The summed E-state index contributed by atoms with van der Waals surface area (Å²) in [4.78, 5) is 15.7. The predicted molar refractivity (Wildman–Crippen MR) is 101 cm³/mol. The van der Waals surface area contributed by atoms with E-state index < -0.39 is 18.4 Å². The second-order valence-electron chi connectivity index (χ2n) is 6.30. The molecule has 0 atom stereocenters. The number of unbranched alkanes of at least 4 members (excludes halogenated alkanes) is 3. The fraction of sp³-hybridized carbons (Fsp3) is 0.765. The molecule has 0 saturated heterocycles. The van der Waals surface area contributed by atoms with Crippen LogP contribution in [0.4, 0.5) is 5.13 Å². The van der Waals surface area contributed by atoms with Gasteiger partial charge in [0.25, 0.3) is 0 Å². The summed E-state index contributed by atoms with van der Waals surface area (Å²) < 4.78 is 5.93. The van der Waals surface area contributed by atoms with Crippen LogP contribution in [0.1, 0.15) is 66.2 Å². The Labute approximate surface area is 144 Å². The van der Waals surface area contributed by atoms with Gasteiger partial charge < -0.3 is 0 Å². The zero-order valence-corrected chi connectivity index (χ0v) is 18.4. The Hall–Kier alpha value is -0.101. The third-order valence-corrected chi connectivity index (χ3v) is 23.4. The molecule has 0 unspecified atom stereocenters. The van der Waals surface area contributed by atoms with Crippen LogP contribution in [-0.4, -0.2) is 29.3 Å². The van der Waals surface area contributed by atoms with E-state index in [4.69, 9.17) is 0 Å². The number of amides is 1. The number of nitrogens with zero attached hydrogens (tertiary/aromatic N) is 1. The molecule has 0 aliphatic carbocycles. The zero-order chi connectivity index (χ0) is 16.4. The summed E-state index contributed by atoms with van der Waals surface area (Å²) in [5.74, 6) is -0.0163. The van der Waals surface area contributed by atoms with Crippen LogP contribution >= 0.6 is 11.3 Å². The predicted octanol–water partition coefficient (Wildman–Crippen LogP) is 5.16. The monoisotopic (exact) mass is 432 g/mol. The van der Waals surface area contributed by atoms with E-state index in [0.717, 1.165) is 5.13 Å². The average Bonchev–Trinajstić information content (AvgIpc) is 2.95. The van der Waals surface area contributed by atoms with Gasteiger partial charge in [-0.1, -0.05) is 0 Å². The van der Waals surface area contributed by atoms with Gasteiger partial charge in [0.15, 0.2) is 0 Å². The molecule has 0 aromatic carbocycles. The number of thiazole rings is 1. The molecule has 22 heavy (non-hydrogen) atoms. The summed E-state index contributed by atoms with van der Waals surface area (Å²) in [6, 6.07) is 0. The molecule has 5 heteroatoms. The summed E-state index contributed by atoms with van der Waals surface area (Å²) in [5, 5.41) is 3.67. The Morgan fingerprint density at radius 3 is 2.00 bits per heavy atom. The maximum atomic E-state index is 11.3. The van der Waals surface area contributed by atoms with Crippen LogP contribution in [0.2, 0.25) is 13.3 Å². The fourth-order valence-corrected chi connectivity index (χ4v) is 22.6. The topological polar surface area (TPSA) is 42.0 Å². The molecule has 1 N–H and O–H groups in total. The zero-order valence-electron chi connectivity index (χ0n) is 14.7. The standard InChI is InChI=1S/C5H5N2OS.3C4H9.Sn/c1-4(8)7-5-6-2-3-9-5;3*1-3-4-2;/h2H,1H3,(H,6,7,8);3*1,3-4H2,2H3;. The second kappa shape index (κ2) is 10.6. The van der Waals surface area contributed by atoms with Gasteiger partial charge >= 0.3 is 144 Å². The first-order chi connectivity index (χ1) is 10.6. The molecule has 0 aliphatic rings. The Morgan fingerprint density at radius 1 is 1.09 bits per heavy atom. The number of nitrogens with one attached hydrogen (secondary N) is 1. The van der Waals surface area contributed by atoms with Crippen molar-refractivity contribution in [1.29, 1.82) is 0 Å². The summed E-state index contributed by atoms with van der Waals surface area (Å²) in [5.41, 5.74) is 0. The van der Waals surface area contributed by atoms with E-state index in [-0.39, 0.29) is 5.91 Å². The van der Waals surface area contributed by atoms with Crippen LogP contribution in [0, 0.1) is 0 Å². The van der Waals surface area contributed by atoms with Crippen LogP contribution in [0.15, 0.2) is 6.20 Å². The van der Waals surface area contributed by atoms with Gasteiger partial charge in [-0.05, 0) is 0 Å². The van der Waals surface area contributed by atoms with Crippen LogP contribution in [0.25, 0.3) is 0 Å². The molecule has 1 aromatic rings. The van der Waals surface area contributed by atoms with Crippen molar-refractivity contribution in [1.82, 2.24) is 4.98 Å². The number of rotatable bonds is 11. The maximum absolute atomic E-state index is 11.3. The number of carbonyl (C=O) groups excluding carboxylic acids is 1. The molecule has 1 amide bonds. The Bertz CT molecular complexity index is 426. The molecule has 1 rings (SSSR count). The first kappa shape index (κ1) is 19.9. The minimum atomic E-state index is -2.34. The van der Waals surface area contributed by atoms with E-state index in [2.05, 4.69) is 37.3 Å². The Balaban J connectivity index is 3.02. The summed E-state index contributed by atoms with van der Waals surface area (Å²) in [6.45, 7) is 8.45. The molecule has 1 heterocycles. The third-order valence-electron chi connectivity index (χ3n) is 4.34. The van der Waals surface area contributed by atoms with Gasteiger partial charge in [-0.15, -0.1) is 0 Å². The summed E-state index contributed by atoms with van der Waals surface area (Å²) >= 11 is -0.571. The number of carbonyl (C=O) groups is 1. The molecule has 0 spiro atoms. The van der Waals surface area contributed by atoms with Gasteiger partial charge in [-0.2, -0.15) is 0 Å². The molecule has 3 nitrogen and oxygen atoms in total. The minimum absolute atomic E-state index is 0.0163. The summed E-state index contributed by atoms with van der Waals surface area (Å²) in [7, 11) is 0.